The standard InChI is InChI=1S/C19H15ClF2N2O2S/c20-15-8-11(21)3-5-14(15)18(25)24(10-13-2-1-7-26-13)19-23-16-6-4-12(22)9-17(16)27-19/h3-6,8-9,13H,1-2,7,10H2. The molecule has 1 atom stereocenters. The normalized spacial score (nSPS) is 16.8. The Kier molecular flexibility index (Phi) is 5.08. The molecule has 0 aliphatic carbocycles. The number of benzene rings is 2. The largest absolute Gasteiger partial charge is 0.376 e. The van der Waals surface area contributed by atoms with Crippen LogP contribution in [0.3, 0.4) is 0 Å². The van der Waals surface area contributed by atoms with Crippen molar-refractivity contribution in [1.82, 2.24) is 4.98 Å². The van der Waals surface area contributed by atoms with Crippen LogP contribution in [0.5, 0.6) is 0 Å². The molecule has 0 spiro atoms. The number of carbonyl (C=O) groups is 1. The van der Waals surface area contributed by atoms with Crippen molar-refractivity contribution in [2.75, 3.05) is 18.1 Å². The number of halogens is 3. The second kappa shape index (κ2) is 7.50. The van der Waals surface area contributed by atoms with E-state index in [0.717, 1.165) is 18.9 Å². The summed E-state index contributed by atoms with van der Waals surface area (Å²) in [5.41, 5.74) is 0.785. The third-order valence-electron chi connectivity index (χ3n) is 4.39. The second-order valence-corrected chi connectivity index (χ2v) is 7.70. The molecule has 1 aliphatic rings. The van der Waals surface area contributed by atoms with Crippen LogP contribution in [0.4, 0.5) is 13.9 Å². The highest BCUT2D eigenvalue weighted by molar-refractivity contribution is 7.22. The number of ether oxygens (including phenoxy) is 1. The van der Waals surface area contributed by atoms with Gasteiger partial charge in [-0.1, -0.05) is 22.9 Å². The van der Waals surface area contributed by atoms with Gasteiger partial charge in [0.2, 0.25) is 0 Å². The fraction of sp³-hybridized carbons (Fsp3) is 0.263. The zero-order valence-electron chi connectivity index (χ0n) is 14.1. The van der Waals surface area contributed by atoms with E-state index in [1.54, 1.807) is 6.07 Å². The SMILES string of the molecule is O=C(c1ccc(F)cc1Cl)N(CC1CCCO1)c1nc2ccc(F)cc2s1. The third kappa shape index (κ3) is 3.81. The number of nitrogens with zero attached hydrogens (tertiary/aromatic N) is 2. The van der Waals surface area contributed by atoms with Crippen molar-refractivity contribution in [1.29, 1.82) is 0 Å². The lowest BCUT2D eigenvalue weighted by atomic mass is 10.1. The Hall–Kier alpha value is -2.09. The molecule has 27 heavy (non-hydrogen) atoms. The first kappa shape index (κ1) is 18.3. The first-order valence-electron chi connectivity index (χ1n) is 8.46. The molecule has 0 bridgehead atoms. The van der Waals surface area contributed by atoms with Crippen LogP contribution in [-0.4, -0.2) is 30.1 Å². The average molecular weight is 409 g/mol. The molecule has 1 aromatic heterocycles. The summed E-state index contributed by atoms with van der Waals surface area (Å²) in [5.74, 6) is -1.27. The number of rotatable bonds is 4. The number of hydrogen-bond donors (Lipinski definition) is 0. The van der Waals surface area contributed by atoms with E-state index < -0.39 is 11.7 Å². The van der Waals surface area contributed by atoms with Gasteiger partial charge in [-0.25, -0.2) is 13.8 Å². The topological polar surface area (TPSA) is 42.4 Å². The van der Waals surface area contributed by atoms with E-state index in [9.17, 15) is 13.6 Å². The average Bonchev–Trinajstić information content (AvgIpc) is 3.28. The van der Waals surface area contributed by atoms with Gasteiger partial charge in [-0.05, 0) is 49.2 Å². The van der Waals surface area contributed by atoms with Gasteiger partial charge in [0.15, 0.2) is 5.13 Å². The Bertz CT molecular complexity index is 1000. The maximum Gasteiger partial charge on any atom is 0.261 e. The zero-order chi connectivity index (χ0) is 19.0. The molecular formula is C19H15ClF2N2O2S. The van der Waals surface area contributed by atoms with Crippen LogP contribution in [0, 0.1) is 11.6 Å². The number of thiazole rings is 1. The van der Waals surface area contributed by atoms with Gasteiger partial charge in [-0.2, -0.15) is 0 Å². The fourth-order valence-electron chi connectivity index (χ4n) is 3.05. The van der Waals surface area contributed by atoms with E-state index in [2.05, 4.69) is 4.98 Å². The molecule has 0 N–H and O–H groups in total. The Labute approximate surface area is 163 Å². The molecule has 4 rings (SSSR count). The molecule has 4 nitrogen and oxygen atoms in total. The molecule has 1 unspecified atom stereocenters. The van der Waals surface area contributed by atoms with Crippen molar-refractivity contribution in [3.8, 4) is 0 Å². The highest BCUT2D eigenvalue weighted by Gasteiger charge is 2.28. The predicted octanol–water partition coefficient (Wildman–Crippen LogP) is 5.05. The smallest absolute Gasteiger partial charge is 0.261 e. The molecule has 1 saturated heterocycles. The maximum atomic E-state index is 13.5. The van der Waals surface area contributed by atoms with Gasteiger partial charge in [0.1, 0.15) is 11.6 Å². The van der Waals surface area contributed by atoms with E-state index in [0.29, 0.717) is 28.5 Å². The number of carbonyl (C=O) groups excluding carboxylic acids is 1. The molecule has 1 amide bonds. The van der Waals surface area contributed by atoms with E-state index in [1.165, 1.54) is 40.5 Å². The summed E-state index contributed by atoms with van der Waals surface area (Å²) < 4.78 is 33.2. The van der Waals surface area contributed by atoms with Gasteiger partial charge >= 0.3 is 0 Å². The molecule has 2 heterocycles. The van der Waals surface area contributed by atoms with Crippen molar-refractivity contribution in [3.63, 3.8) is 0 Å². The van der Waals surface area contributed by atoms with E-state index >= 15 is 0 Å². The molecule has 8 heteroatoms. The van der Waals surface area contributed by atoms with Gasteiger partial charge in [0, 0.05) is 6.61 Å². The Morgan fingerprint density at radius 2 is 2.04 bits per heavy atom. The summed E-state index contributed by atoms with van der Waals surface area (Å²) in [7, 11) is 0. The summed E-state index contributed by atoms with van der Waals surface area (Å²) >= 11 is 7.30. The number of aromatic nitrogens is 1. The van der Waals surface area contributed by atoms with Crippen LogP contribution in [0.2, 0.25) is 5.02 Å². The van der Waals surface area contributed by atoms with Gasteiger partial charge in [0.25, 0.3) is 5.91 Å². The molecular weight excluding hydrogens is 394 g/mol. The van der Waals surface area contributed by atoms with Gasteiger partial charge < -0.3 is 4.74 Å². The lowest BCUT2D eigenvalue weighted by Crippen LogP contribution is -2.37. The van der Waals surface area contributed by atoms with Crippen LogP contribution in [0.25, 0.3) is 10.2 Å². The number of anilines is 1. The summed E-state index contributed by atoms with van der Waals surface area (Å²) in [6.45, 7) is 0.948. The summed E-state index contributed by atoms with van der Waals surface area (Å²) in [5, 5.41) is 0.459. The molecule has 0 saturated carbocycles. The van der Waals surface area contributed by atoms with Crippen molar-refractivity contribution in [2.24, 2.45) is 0 Å². The Balaban J connectivity index is 1.73. The van der Waals surface area contributed by atoms with E-state index in [4.69, 9.17) is 16.3 Å². The number of hydrogen-bond acceptors (Lipinski definition) is 4. The predicted molar refractivity (Wildman–Crippen MR) is 102 cm³/mol. The first-order chi connectivity index (χ1) is 13.0. The minimum absolute atomic E-state index is 0.0319. The zero-order valence-corrected chi connectivity index (χ0v) is 15.7. The number of amides is 1. The van der Waals surface area contributed by atoms with Crippen LogP contribution in [0.15, 0.2) is 36.4 Å². The molecule has 0 radical (unpaired) electrons. The van der Waals surface area contributed by atoms with Crippen LogP contribution in [0.1, 0.15) is 23.2 Å². The summed E-state index contributed by atoms with van der Waals surface area (Å²) in [4.78, 5) is 19.1. The first-order valence-corrected chi connectivity index (χ1v) is 9.65. The molecule has 1 aliphatic heterocycles. The molecule has 2 aromatic carbocycles. The Morgan fingerprint density at radius 3 is 2.78 bits per heavy atom. The minimum atomic E-state index is -0.516. The lowest BCUT2D eigenvalue weighted by Gasteiger charge is -2.23. The quantitative estimate of drug-likeness (QED) is 0.606. The number of fused-ring (bicyclic) bond motifs is 1. The van der Waals surface area contributed by atoms with Crippen LogP contribution >= 0.6 is 22.9 Å². The van der Waals surface area contributed by atoms with Crippen molar-refractivity contribution in [3.05, 3.63) is 58.6 Å². The van der Waals surface area contributed by atoms with Crippen LogP contribution < -0.4 is 4.90 Å². The summed E-state index contributed by atoms with van der Waals surface area (Å²) in [6, 6.07) is 7.94. The minimum Gasteiger partial charge on any atom is -0.376 e. The highest BCUT2D eigenvalue weighted by atomic mass is 35.5. The van der Waals surface area contributed by atoms with Crippen molar-refractivity contribution < 1.29 is 18.3 Å². The van der Waals surface area contributed by atoms with Gasteiger partial charge in [-0.15, -0.1) is 0 Å². The molecule has 140 valence electrons. The van der Waals surface area contributed by atoms with E-state index in [-0.39, 0.29) is 22.5 Å². The molecule has 1 fully saturated rings. The fourth-order valence-corrected chi connectivity index (χ4v) is 4.30. The van der Waals surface area contributed by atoms with Gasteiger partial charge in [0.05, 0.1) is 33.5 Å². The van der Waals surface area contributed by atoms with Crippen molar-refractivity contribution in [2.45, 2.75) is 18.9 Å². The monoisotopic (exact) mass is 408 g/mol. The lowest BCUT2D eigenvalue weighted by molar-refractivity contribution is 0.0917. The second-order valence-electron chi connectivity index (χ2n) is 6.28. The van der Waals surface area contributed by atoms with Crippen molar-refractivity contribution >= 4 is 44.2 Å². The Morgan fingerprint density at radius 1 is 1.26 bits per heavy atom. The third-order valence-corrected chi connectivity index (χ3v) is 5.74. The maximum absolute atomic E-state index is 13.5. The van der Waals surface area contributed by atoms with E-state index in [1.807, 2.05) is 0 Å². The van der Waals surface area contributed by atoms with Crippen LogP contribution in [-0.2, 0) is 4.74 Å². The summed E-state index contributed by atoms with van der Waals surface area (Å²) in [6.07, 6.45) is 1.65. The van der Waals surface area contributed by atoms with Gasteiger partial charge in [-0.3, -0.25) is 9.69 Å². The highest BCUT2D eigenvalue weighted by Crippen LogP contribution is 2.32. The molecule has 3 aromatic rings.